The second kappa shape index (κ2) is 11.4. The molecule has 3 aromatic rings. The van der Waals surface area contributed by atoms with E-state index in [9.17, 15) is 17.6 Å². The Balaban J connectivity index is 1.79. The largest absolute Gasteiger partial charge is 0.325 e. The first-order chi connectivity index (χ1) is 15.8. The molecule has 0 heterocycles. The van der Waals surface area contributed by atoms with Gasteiger partial charge in [0, 0.05) is 17.3 Å². The molecule has 0 fully saturated rings. The number of hydrogen-bond donors (Lipinski definition) is 1. The highest BCUT2D eigenvalue weighted by Gasteiger charge is 2.27. The monoisotopic (exact) mass is 488 g/mol. The average molecular weight is 489 g/mol. The van der Waals surface area contributed by atoms with Crippen molar-refractivity contribution in [2.45, 2.75) is 37.6 Å². The van der Waals surface area contributed by atoms with Crippen LogP contribution in [0.3, 0.4) is 0 Å². The highest BCUT2D eigenvalue weighted by Crippen LogP contribution is 2.21. The third-order valence-electron chi connectivity index (χ3n) is 5.10. The average Bonchev–Trinajstić information content (AvgIpc) is 2.80. The molecule has 3 aromatic carbocycles. The quantitative estimate of drug-likeness (QED) is 0.401. The van der Waals surface area contributed by atoms with Gasteiger partial charge in [-0.2, -0.15) is 4.31 Å². The highest BCUT2D eigenvalue weighted by molar-refractivity contribution is 7.89. The second-order valence-electron chi connectivity index (χ2n) is 7.70. The Morgan fingerprint density at radius 1 is 0.939 bits per heavy atom. The summed E-state index contributed by atoms with van der Waals surface area (Å²) in [4.78, 5) is 12.8. The van der Waals surface area contributed by atoms with Crippen LogP contribution in [0, 0.1) is 5.82 Å². The first kappa shape index (κ1) is 24.9. The van der Waals surface area contributed by atoms with Crippen LogP contribution in [0.1, 0.15) is 30.9 Å². The Morgan fingerprint density at radius 3 is 2.15 bits per heavy atom. The number of carbonyl (C=O) groups is 1. The fourth-order valence-electron chi connectivity index (χ4n) is 3.27. The maximum atomic E-state index is 13.3. The molecular formula is C25H26ClFN2O3S. The van der Waals surface area contributed by atoms with Crippen LogP contribution in [0.15, 0.2) is 77.7 Å². The van der Waals surface area contributed by atoms with Crippen molar-refractivity contribution < 1.29 is 17.6 Å². The van der Waals surface area contributed by atoms with Crippen molar-refractivity contribution in [1.29, 1.82) is 0 Å². The number of sulfonamides is 1. The van der Waals surface area contributed by atoms with Crippen LogP contribution in [0.5, 0.6) is 0 Å². The van der Waals surface area contributed by atoms with Crippen molar-refractivity contribution in [1.82, 2.24) is 4.31 Å². The van der Waals surface area contributed by atoms with Crippen LogP contribution in [-0.2, 0) is 27.8 Å². The predicted molar refractivity (Wildman–Crippen MR) is 129 cm³/mol. The van der Waals surface area contributed by atoms with Crippen molar-refractivity contribution in [2.75, 3.05) is 11.9 Å². The molecule has 0 saturated carbocycles. The smallest absolute Gasteiger partial charge is 0.243 e. The van der Waals surface area contributed by atoms with Gasteiger partial charge in [-0.1, -0.05) is 49.2 Å². The Morgan fingerprint density at radius 2 is 1.55 bits per heavy atom. The topological polar surface area (TPSA) is 66.5 Å². The van der Waals surface area contributed by atoms with E-state index in [2.05, 4.69) is 12.2 Å². The summed E-state index contributed by atoms with van der Waals surface area (Å²) >= 11 is 5.89. The number of benzene rings is 3. The molecule has 0 aromatic heterocycles. The van der Waals surface area contributed by atoms with Gasteiger partial charge in [0.2, 0.25) is 15.9 Å². The lowest BCUT2D eigenvalue weighted by Gasteiger charge is -2.22. The third-order valence-corrected chi connectivity index (χ3v) is 7.16. The summed E-state index contributed by atoms with van der Waals surface area (Å²) in [6.07, 6.45) is 3.16. The van der Waals surface area contributed by atoms with Crippen LogP contribution in [-0.4, -0.2) is 25.2 Å². The molecule has 0 atom stereocenters. The zero-order chi connectivity index (χ0) is 23.8. The van der Waals surface area contributed by atoms with Gasteiger partial charge in [-0.05, 0) is 72.5 Å². The van der Waals surface area contributed by atoms with Crippen molar-refractivity contribution in [3.05, 3.63) is 94.8 Å². The molecule has 0 radical (unpaired) electrons. The van der Waals surface area contributed by atoms with E-state index < -0.39 is 28.3 Å². The molecule has 0 aliphatic carbocycles. The Hall–Kier alpha value is -2.74. The van der Waals surface area contributed by atoms with Crippen LogP contribution >= 0.6 is 11.6 Å². The molecule has 1 amide bonds. The first-order valence-electron chi connectivity index (χ1n) is 10.7. The van der Waals surface area contributed by atoms with Crippen molar-refractivity contribution in [3.8, 4) is 0 Å². The number of hydrogen-bond acceptors (Lipinski definition) is 3. The minimum absolute atomic E-state index is 0.0158. The van der Waals surface area contributed by atoms with Crippen molar-refractivity contribution in [2.24, 2.45) is 0 Å². The molecule has 5 nitrogen and oxygen atoms in total. The number of amides is 1. The number of carbonyl (C=O) groups excluding carboxylic acids is 1. The van der Waals surface area contributed by atoms with Crippen LogP contribution in [0.25, 0.3) is 0 Å². The number of nitrogens with zero attached hydrogens (tertiary/aromatic N) is 1. The molecule has 0 unspecified atom stereocenters. The lowest BCUT2D eigenvalue weighted by atomic mass is 10.1. The maximum Gasteiger partial charge on any atom is 0.243 e. The van der Waals surface area contributed by atoms with Gasteiger partial charge in [-0.3, -0.25) is 4.79 Å². The molecule has 0 aliphatic heterocycles. The SMILES string of the molecule is CCCCc1ccc(NC(=O)CN(Cc2ccc(F)cc2)S(=O)(=O)c2ccc(Cl)cc2)cc1. The second-order valence-corrected chi connectivity index (χ2v) is 10.1. The van der Waals surface area contributed by atoms with E-state index in [1.807, 2.05) is 12.1 Å². The number of nitrogens with one attached hydrogen (secondary N) is 1. The van der Waals surface area contributed by atoms with Gasteiger partial charge < -0.3 is 5.32 Å². The van der Waals surface area contributed by atoms with Gasteiger partial charge in [0.1, 0.15) is 5.82 Å². The number of unbranched alkanes of at least 4 members (excludes halogenated alkanes) is 1. The summed E-state index contributed by atoms with van der Waals surface area (Å²) in [6.45, 7) is 1.64. The molecule has 0 spiro atoms. The van der Waals surface area contributed by atoms with E-state index in [0.29, 0.717) is 16.3 Å². The minimum atomic E-state index is -4.01. The molecular weight excluding hydrogens is 463 g/mol. The molecule has 0 aliphatic rings. The van der Waals surface area contributed by atoms with Gasteiger partial charge in [-0.15, -0.1) is 0 Å². The van der Waals surface area contributed by atoms with Crippen LogP contribution in [0.2, 0.25) is 5.02 Å². The normalized spacial score (nSPS) is 11.5. The Kier molecular flexibility index (Phi) is 8.61. The molecule has 33 heavy (non-hydrogen) atoms. The Bertz CT molecular complexity index is 1170. The van der Waals surface area contributed by atoms with E-state index >= 15 is 0 Å². The zero-order valence-electron chi connectivity index (χ0n) is 18.3. The molecule has 8 heteroatoms. The first-order valence-corrected chi connectivity index (χ1v) is 12.5. The summed E-state index contributed by atoms with van der Waals surface area (Å²) in [5.41, 5.74) is 2.32. The van der Waals surface area contributed by atoms with E-state index in [0.717, 1.165) is 23.6 Å². The fraction of sp³-hybridized carbons (Fsp3) is 0.240. The van der Waals surface area contributed by atoms with E-state index in [-0.39, 0.29) is 11.4 Å². The Labute approximate surface area is 199 Å². The van der Waals surface area contributed by atoms with E-state index in [1.54, 1.807) is 12.1 Å². The summed E-state index contributed by atoms with van der Waals surface area (Å²) in [7, 11) is -4.01. The van der Waals surface area contributed by atoms with Gasteiger partial charge in [-0.25, -0.2) is 12.8 Å². The van der Waals surface area contributed by atoms with Gasteiger partial charge in [0.25, 0.3) is 0 Å². The summed E-state index contributed by atoms with van der Waals surface area (Å²) < 4.78 is 40.9. The number of anilines is 1. The molecule has 174 valence electrons. The van der Waals surface area contributed by atoms with Gasteiger partial charge in [0.15, 0.2) is 0 Å². The fourth-order valence-corrected chi connectivity index (χ4v) is 4.78. The molecule has 0 bridgehead atoms. The van der Waals surface area contributed by atoms with Crippen molar-refractivity contribution >= 4 is 33.2 Å². The van der Waals surface area contributed by atoms with Crippen LogP contribution in [0.4, 0.5) is 10.1 Å². The lowest BCUT2D eigenvalue weighted by Crippen LogP contribution is -2.37. The standard InChI is InChI=1S/C25H26ClFN2O3S/c1-2-3-4-19-7-13-23(14-8-19)28-25(30)18-29(17-20-5-11-22(27)12-6-20)33(31,32)24-15-9-21(26)10-16-24/h5-16H,2-4,17-18H2,1H3,(H,28,30). The summed E-state index contributed by atoms with van der Waals surface area (Å²) in [5, 5.41) is 3.16. The number of rotatable bonds is 10. The van der Waals surface area contributed by atoms with Gasteiger partial charge >= 0.3 is 0 Å². The molecule has 1 N–H and O–H groups in total. The van der Waals surface area contributed by atoms with Crippen molar-refractivity contribution in [3.63, 3.8) is 0 Å². The number of halogens is 2. The maximum absolute atomic E-state index is 13.3. The highest BCUT2D eigenvalue weighted by atomic mass is 35.5. The lowest BCUT2D eigenvalue weighted by molar-refractivity contribution is -0.116. The van der Waals surface area contributed by atoms with E-state index in [1.165, 1.54) is 54.1 Å². The molecule has 3 rings (SSSR count). The van der Waals surface area contributed by atoms with Crippen LogP contribution < -0.4 is 5.32 Å². The third kappa shape index (κ3) is 7.12. The predicted octanol–water partition coefficient (Wildman–Crippen LogP) is 5.65. The van der Waals surface area contributed by atoms with Gasteiger partial charge in [0.05, 0.1) is 11.4 Å². The summed E-state index contributed by atoms with van der Waals surface area (Å²) in [5.74, 6) is -0.901. The minimum Gasteiger partial charge on any atom is -0.325 e. The van der Waals surface area contributed by atoms with E-state index in [4.69, 9.17) is 11.6 Å². The zero-order valence-corrected chi connectivity index (χ0v) is 19.9. The number of aryl methyl sites for hydroxylation is 1. The summed E-state index contributed by atoms with van der Waals surface area (Å²) in [6, 6.07) is 18.7. The molecule has 0 saturated heterocycles.